The fourth-order valence-corrected chi connectivity index (χ4v) is 3.98. The van der Waals surface area contributed by atoms with Gasteiger partial charge in [-0.05, 0) is 62.7 Å². The first-order valence-electron chi connectivity index (χ1n) is 11.7. The van der Waals surface area contributed by atoms with E-state index in [0.717, 1.165) is 24.5 Å². The average Bonchev–Trinajstić information content (AvgIpc) is 2.76. The van der Waals surface area contributed by atoms with E-state index in [9.17, 15) is 4.79 Å². The van der Waals surface area contributed by atoms with Gasteiger partial charge >= 0.3 is 0 Å². The minimum Gasteiger partial charge on any atom is -0.354 e. The highest BCUT2D eigenvalue weighted by molar-refractivity contribution is 8.00. The van der Waals surface area contributed by atoms with Crippen molar-refractivity contribution in [1.82, 2.24) is 10.2 Å². The molecular weight excluding hydrogens is 412 g/mol. The molecule has 4 heteroatoms. The van der Waals surface area contributed by atoms with Crippen LogP contribution >= 0.6 is 11.8 Å². The van der Waals surface area contributed by atoms with Gasteiger partial charge in [0.2, 0.25) is 5.91 Å². The van der Waals surface area contributed by atoms with Crippen LogP contribution in [0.4, 0.5) is 0 Å². The average molecular weight is 451 g/mol. The summed E-state index contributed by atoms with van der Waals surface area (Å²) in [7, 11) is 0. The summed E-state index contributed by atoms with van der Waals surface area (Å²) in [6, 6.07) is 14.7. The molecule has 1 N–H and O–H groups in total. The maximum absolute atomic E-state index is 12.3. The van der Waals surface area contributed by atoms with Gasteiger partial charge in [-0.2, -0.15) is 0 Å². The van der Waals surface area contributed by atoms with Crippen molar-refractivity contribution in [2.24, 2.45) is 5.41 Å². The van der Waals surface area contributed by atoms with Crippen molar-refractivity contribution in [1.29, 1.82) is 0 Å². The third kappa shape index (κ3) is 10.9. The van der Waals surface area contributed by atoms with Gasteiger partial charge in [0.25, 0.3) is 0 Å². The lowest BCUT2D eigenvalue weighted by atomic mass is 9.98. The van der Waals surface area contributed by atoms with Crippen molar-refractivity contribution in [3.05, 3.63) is 54.6 Å². The van der Waals surface area contributed by atoms with Gasteiger partial charge in [-0.3, -0.25) is 9.69 Å². The van der Waals surface area contributed by atoms with Gasteiger partial charge in [0, 0.05) is 29.9 Å². The lowest BCUT2D eigenvalue weighted by Gasteiger charge is -2.20. The fraction of sp³-hybridized carbons (Fsp3) is 0.464. The quantitative estimate of drug-likeness (QED) is 0.239. The lowest BCUT2D eigenvalue weighted by molar-refractivity contribution is -0.118. The van der Waals surface area contributed by atoms with Crippen LogP contribution in [0.2, 0.25) is 0 Å². The van der Waals surface area contributed by atoms with Gasteiger partial charge < -0.3 is 5.32 Å². The Morgan fingerprint density at radius 3 is 2.62 bits per heavy atom. The van der Waals surface area contributed by atoms with Crippen molar-refractivity contribution in [3.63, 3.8) is 0 Å². The van der Waals surface area contributed by atoms with Crippen LogP contribution in [0.15, 0.2) is 59.5 Å². The minimum atomic E-state index is 0.0281. The Kier molecular flexibility index (Phi) is 11.4. The van der Waals surface area contributed by atoms with E-state index in [1.54, 1.807) is 11.8 Å². The van der Waals surface area contributed by atoms with Crippen molar-refractivity contribution >= 4 is 28.4 Å². The number of benzene rings is 2. The zero-order chi connectivity index (χ0) is 23.2. The molecule has 0 saturated heterocycles. The molecule has 0 spiro atoms. The van der Waals surface area contributed by atoms with Crippen molar-refractivity contribution in [2.75, 3.05) is 31.9 Å². The molecule has 0 radical (unpaired) electrons. The van der Waals surface area contributed by atoms with Crippen LogP contribution in [0.3, 0.4) is 0 Å². The molecule has 0 fully saturated rings. The summed E-state index contributed by atoms with van der Waals surface area (Å²) >= 11 is 1.59. The molecule has 1 amide bonds. The standard InChI is InChI=1S/C28H38N2OS/c1-5-6-11-19-30(20-12-7-10-17-28(2,3)4)21-18-29-27(31)23-32-26-16-15-24-13-8-9-14-25(24)22-26/h7-9,12-16,22H,5-6,11,18-21,23H2,1-4H3,(H,29,31)/b12-7+. The van der Waals surface area contributed by atoms with Crippen LogP contribution in [0, 0.1) is 17.3 Å². The molecule has 0 aliphatic carbocycles. The number of nitrogens with zero attached hydrogens (tertiary/aromatic N) is 1. The Hall–Kier alpha value is -2.22. The number of nitrogens with one attached hydrogen (secondary N) is 1. The van der Waals surface area contributed by atoms with Gasteiger partial charge in [-0.1, -0.05) is 68.0 Å². The number of amides is 1. The molecule has 0 aromatic heterocycles. The Balaban J connectivity index is 1.75. The summed E-state index contributed by atoms with van der Waals surface area (Å²) in [6.45, 7) is 12.0. The molecular formula is C28H38N2OS. The topological polar surface area (TPSA) is 32.3 Å². The van der Waals surface area contributed by atoms with Crippen molar-refractivity contribution in [3.8, 4) is 11.8 Å². The molecule has 32 heavy (non-hydrogen) atoms. The van der Waals surface area contributed by atoms with E-state index >= 15 is 0 Å². The molecule has 2 aromatic rings. The zero-order valence-corrected chi connectivity index (χ0v) is 20.9. The predicted octanol–water partition coefficient (Wildman–Crippen LogP) is 6.15. The molecule has 0 aliphatic heterocycles. The molecule has 3 nitrogen and oxygen atoms in total. The molecule has 0 aliphatic rings. The third-order valence-corrected chi connectivity index (χ3v) is 5.92. The van der Waals surface area contributed by atoms with Gasteiger partial charge in [0.1, 0.15) is 0 Å². The second-order valence-electron chi connectivity index (χ2n) is 9.08. The number of hydrogen-bond donors (Lipinski definition) is 1. The number of rotatable bonds is 12. The molecule has 0 bridgehead atoms. The first kappa shape index (κ1) is 26.0. The zero-order valence-electron chi connectivity index (χ0n) is 20.1. The second-order valence-corrected chi connectivity index (χ2v) is 10.1. The minimum absolute atomic E-state index is 0.0281. The highest BCUT2D eigenvalue weighted by atomic mass is 32.2. The number of thioether (sulfide) groups is 1. The van der Waals surface area contributed by atoms with E-state index < -0.39 is 0 Å². The first-order valence-corrected chi connectivity index (χ1v) is 12.6. The van der Waals surface area contributed by atoms with Gasteiger partial charge in [-0.25, -0.2) is 0 Å². The normalized spacial score (nSPS) is 11.7. The van der Waals surface area contributed by atoms with E-state index in [4.69, 9.17) is 0 Å². The van der Waals surface area contributed by atoms with E-state index in [1.165, 1.54) is 30.0 Å². The summed E-state index contributed by atoms with van der Waals surface area (Å²) in [5.74, 6) is 6.89. The number of carbonyl (C=O) groups is 1. The summed E-state index contributed by atoms with van der Waals surface area (Å²) < 4.78 is 0. The fourth-order valence-electron chi connectivity index (χ4n) is 3.21. The van der Waals surface area contributed by atoms with Gasteiger partial charge in [-0.15, -0.1) is 11.8 Å². The number of hydrogen-bond acceptors (Lipinski definition) is 3. The molecule has 0 atom stereocenters. The van der Waals surface area contributed by atoms with Crippen LogP contribution < -0.4 is 5.32 Å². The van der Waals surface area contributed by atoms with Gasteiger partial charge in [0.15, 0.2) is 0 Å². The summed E-state index contributed by atoms with van der Waals surface area (Å²) in [5, 5.41) is 5.51. The Morgan fingerprint density at radius 2 is 1.88 bits per heavy atom. The maximum atomic E-state index is 12.3. The summed E-state index contributed by atoms with van der Waals surface area (Å²) in [5.41, 5.74) is 0.0281. The highest BCUT2D eigenvalue weighted by Gasteiger charge is 2.07. The van der Waals surface area contributed by atoms with E-state index in [-0.39, 0.29) is 11.3 Å². The Morgan fingerprint density at radius 1 is 1.09 bits per heavy atom. The molecule has 0 saturated carbocycles. The predicted molar refractivity (Wildman–Crippen MR) is 140 cm³/mol. The molecule has 0 unspecified atom stereocenters. The summed E-state index contributed by atoms with van der Waals surface area (Å²) in [6.07, 6.45) is 7.71. The summed E-state index contributed by atoms with van der Waals surface area (Å²) in [4.78, 5) is 15.8. The van der Waals surface area contributed by atoms with E-state index in [0.29, 0.717) is 12.3 Å². The third-order valence-electron chi connectivity index (χ3n) is 4.93. The first-order chi connectivity index (χ1) is 15.4. The number of unbranched alkanes of at least 4 members (excludes halogenated alkanes) is 2. The molecule has 2 aromatic carbocycles. The smallest absolute Gasteiger partial charge is 0.230 e. The molecule has 172 valence electrons. The Bertz CT molecular complexity index is 934. The van der Waals surface area contributed by atoms with Gasteiger partial charge in [0.05, 0.1) is 5.75 Å². The van der Waals surface area contributed by atoms with E-state index in [2.05, 4.69) is 86.2 Å². The van der Waals surface area contributed by atoms with Crippen molar-refractivity contribution < 1.29 is 4.79 Å². The highest BCUT2D eigenvalue weighted by Crippen LogP contribution is 2.23. The number of fused-ring (bicyclic) bond motifs is 1. The largest absolute Gasteiger partial charge is 0.354 e. The second kappa shape index (κ2) is 14.0. The van der Waals surface area contributed by atoms with Crippen LogP contribution in [0.1, 0.15) is 47.0 Å². The monoisotopic (exact) mass is 450 g/mol. The van der Waals surface area contributed by atoms with Crippen LogP contribution in [0.25, 0.3) is 10.8 Å². The number of allylic oxidation sites excluding steroid dienone is 1. The Labute approximate surface area is 199 Å². The van der Waals surface area contributed by atoms with Crippen LogP contribution in [-0.4, -0.2) is 42.7 Å². The molecule has 2 rings (SSSR count). The van der Waals surface area contributed by atoms with E-state index in [1.807, 2.05) is 18.2 Å². The molecule has 0 heterocycles. The maximum Gasteiger partial charge on any atom is 0.230 e. The SMILES string of the molecule is CCCCCN(C/C=C/C#CC(C)(C)C)CCNC(=O)CSc1ccc2ccccc2c1. The van der Waals surface area contributed by atoms with Crippen molar-refractivity contribution in [2.45, 2.75) is 51.9 Å². The van der Waals surface area contributed by atoms with Crippen LogP contribution in [-0.2, 0) is 4.79 Å². The number of carbonyl (C=O) groups excluding carboxylic acids is 1. The lowest BCUT2D eigenvalue weighted by Crippen LogP contribution is -2.36. The van der Waals surface area contributed by atoms with Crippen LogP contribution in [0.5, 0.6) is 0 Å².